The van der Waals surface area contributed by atoms with E-state index in [1.165, 1.54) is 49.6 Å². The summed E-state index contributed by atoms with van der Waals surface area (Å²) in [5.74, 6) is -1.29. The summed E-state index contributed by atoms with van der Waals surface area (Å²) in [4.78, 5) is 24.7. The number of benzene rings is 3. The van der Waals surface area contributed by atoms with Gasteiger partial charge in [0.15, 0.2) is 0 Å². The molecule has 0 fully saturated rings. The summed E-state index contributed by atoms with van der Waals surface area (Å²) < 4.78 is 51.4. The number of hydrogen-bond acceptors (Lipinski definition) is 6. The fourth-order valence-corrected chi connectivity index (χ4v) is 4.67. The van der Waals surface area contributed by atoms with Gasteiger partial charge in [0.2, 0.25) is 5.91 Å². The number of carbonyl (C=O) groups excluding carboxylic acids is 2. The number of anilines is 2. The molecule has 0 radical (unpaired) electrons. The maximum atomic E-state index is 13.5. The third kappa shape index (κ3) is 6.15. The second-order valence-corrected chi connectivity index (χ2v) is 9.32. The van der Waals surface area contributed by atoms with Crippen LogP contribution in [0.2, 0.25) is 0 Å². The first-order valence-electron chi connectivity index (χ1n) is 10.7. The highest BCUT2D eigenvalue weighted by Gasteiger charge is 2.27. The number of methoxy groups -OCH3 is 1. The highest BCUT2D eigenvalue weighted by atomic mass is 32.2. The first-order valence-corrected chi connectivity index (χ1v) is 12.1. The number of amides is 1. The first-order chi connectivity index (χ1) is 16.6. The molecule has 3 rings (SSSR count). The lowest BCUT2D eigenvalue weighted by Gasteiger charge is -2.24. The lowest BCUT2D eigenvalue weighted by molar-refractivity contribution is -0.114. The SMILES string of the molecule is CCOc1ccc(S(=O)(=O)N(CC(=O)Nc2cc(C(=O)OC)ccc2C)c2ccc(F)cc2)cc1. The van der Waals surface area contributed by atoms with Crippen LogP contribution in [0.4, 0.5) is 15.8 Å². The van der Waals surface area contributed by atoms with Crippen molar-refractivity contribution in [2.45, 2.75) is 18.7 Å². The molecule has 0 saturated carbocycles. The van der Waals surface area contributed by atoms with Gasteiger partial charge in [-0.25, -0.2) is 17.6 Å². The normalized spacial score (nSPS) is 11.0. The van der Waals surface area contributed by atoms with Gasteiger partial charge in [-0.3, -0.25) is 9.10 Å². The number of esters is 1. The van der Waals surface area contributed by atoms with E-state index < -0.39 is 34.3 Å². The summed E-state index contributed by atoms with van der Waals surface area (Å²) in [5.41, 5.74) is 1.32. The van der Waals surface area contributed by atoms with Gasteiger partial charge in [-0.15, -0.1) is 0 Å². The average molecular weight is 501 g/mol. The van der Waals surface area contributed by atoms with Crippen molar-refractivity contribution in [3.05, 3.63) is 83.7 Å². The Morgan fingerprint density at radius 2 is 1.66 bits per heavy atom. The maximum absolute atomic E-state index is 13.5. The molecule has 8 nitrogen and oxygen atoms in total. The molecule has 10 heteroatoms. The molecule has 35 heavy (non-hydrogen) atoms. The Bertz CT molecular complexity index is 1310. The Labute approximate surface area is 203 Å². The molecule has 0 aliphatic rings. The zero-order valence-corrected chi connectivity index (χ0v) is 20.3. The van der Waals surface area contributed by atoms with E-state index in [-0.39, 0.29) is 16.1 Å². The van der Waals surface area contributed by atoms with E-state index in [4.69, 9.17) is 9.47 Å². The number of nitrogens with one attached hydrogen (secondary N) is 1. The minimum atomic E-state index is -4.20. The van der Waals surface area contributed by atoms with E-state index in [1.54, 1.807) is 19.1 Å². The highest BCUT2D eigenvalue weighted by molar-refractivity contribution is 7.92. The van der Waals surface area contributed by atoms with Gasteiger partial charge in [-0.2, -0.15) is 0 Å². The molecule has 0 unspecified atom stereocenters. The predicted octanol–water partition coefficient (Wildman–Crippen LogP) is 4.15. The van der Waals surface area contributed by atoms with E-state index >= 15 is 0 Å². The van der Waals surface area contributed by atoms with Crippen LogP contribution in [0, 0.1) is 12.7 Å². The van der Waals surface area contributed by atoms with Crippen LogP contribution in [0.1, 0.15) is 22.8 Å². The van der Waals surface area contributed by atoms with Gasteiger partial charge < -0.3 is 14.8 Å². The number of carbonyl (C=O) groups is 2. The van der Waals surface area contributed by atoms with Gasteiger partial charge in [-0.05, 0) is 80.1 Å². The number of rotatable bonds is 9. The molecule has 0 aliphatic carbocycles. The fourth-order valence-electron chi connectivity index (χ4n) is 3.25. The van der Waals surface area contributed by atoms with Gasteiger partial charge in [0, 0.05) is 5.69 Å². The zero-order chi connectivity index (χ0) is 25.6. The molecule has 3 aromatic rings. The number of aryl methyl sites for hydroxylation is 1. The molecule has 1 N–H and O–H groups in total. The van der Waals surface area contributed by atoms with Crippen molar-refractivity contribution in [2.75, 3.05) is 29.9 Å². The third-order valence-corrected chi connectivity index (χ3v) is 6.85. The topological polar surface area (TPSA) is 102 Å². The summed E-state index contributed by atoms with van der Waals surface area (Å²) >= 11 is 0. The van der Waals surface area contributed by atoms with Gasteiger partial charge in [0.1, 0.15) is 18.1 Å². The van der Waals surface area contributed by atoms with Gasteiger partial charge >= 0.3 is 5.97 Å². The average Bonchev–Trinajstić information content (AvgIpc) is 2.84. The van der Waals surface area contributed by atoms with Crippen molar-refractivity contribution in [3.63, 3.8) is 0 Å². The molecule has 0 bridgehead atoms. The van der Waals surface area contributed by atoms with Crippen LogP contribution >= 0.6 is 0 Å². The minimum Gasteiger partial charge on any atom is -0.494 e. The second-order valence-electron chi connectivity index (χ2n) is 7.46. The molecule has 0 spiro atoms. The first kappa shape index (κ1) is 25.7. The van der Waals surface area contributed by atoms with Crippen LogP contribution < -0.4 is 14.4 Å². The lowest BCUT2D eigenvalue weighted by atomic mass is 10.1. The van der Waals surface area contributed by atoms with Crippen LogP contribution in [0.5, 0.6) is 5.75 Å². The number of hydrogen-bond donors (Lipinski definition) is 1. The van der Waals surface area contributed by atoms with Crippen molar-refractivity contribution in [2.24, 2.45) is 0 Å². The quantitative estimate of drug-likeness (QED) is 0.443. The molecule has 0 heterocycles. The number of ether oxygens (including phenoxy) is 2. The van der Waals surface area contributed by atoms with E-state index in [2.05, 4.69) is 5.32 Å². The summed E-state index contributed by atoms with van der Waals surface area (Å²) in [6.45, 7) is 3.36. The van der Waals surface area contributed by atoms with Crippen LogP contribution in [-0.2, 0) is 19.6 Å². The van der Waals surface area contributed by atoms with E-state index in [0.717, 1.165) is 16.4 Å². The smallest absolute Gasteiger partial charge is 0.337 e. The van der Waals surface area contributed by atoms with Crippen LogP contribution in [-0.4, -0.2) is 40.6 Å². The number of nitrogens with zero attached hydrogens (tertiary/aromatic N) is 1. The minimum absolute atomic E-state index is 0.0676. The van der Waals surface area contributed by atoms with Crippen LogP contribution in [0.15, 0.2) is 71.6 Å². The summed E-state index contributed by atoms with van der Waals surface area (Å²) in [5, 5.41) is 2.64. The van der Waals surface area contributed by atoms with Gasteiger partial charge in [0.25, 0.3) is 10.0 Å². The third-order valence-electron chi connectivity index (χ3n) is 5.06. The lowest BCUT2D eigenvalue weighted by Crippen LogP contribution is -2.38. The van der Waals surface area contributed by atoms with Crippen molar-refractivity contribution in [1.29, 1.82) is 0 Å². The Kier molecular flexibility index (Phi) is 8.08. The van der Waals surface area contributed by atoms with Crippen molar-refractivity contribution in [3.8, 4) is 5.75 Å². The number of sulfonamides is 1. The van der Waals surface area contributed by atoms with Crippen LogP contribution in [0.25, 0.3) is 0 Å². The van der Waals surface area contributed by atoms with E-state index in [1.807, 2.05) is 6.92 Å². The standard InChI is InChI=1S/C25H25FN2O6S/c1-4-34-21-11-13-22(14-12-21)35(31,32)28(20-9-7-19(26)8-10-20)16-24(29)27-23-15-18(25(30)33-3)6-5-17(23)2/h5-15H,4,16H2,1-3H3,(H,27,29). The molecular weight excluding hydrogens is 475 g/mol. The van der Waals surface area contributed by atoms with E-state index in [0.29, 0.717) is 23.6 Å². The Hall–Kier alpha value is -3.92. The summed E-state index contributed by atoms with van der Waals surface area (Å²) in [6, 6.07) is 15.2. The Morgan fingerprint density at radius 1 is 1.00 bits per heavy atom. The second kappa shape index (κ2) is 11.0. The summed E-state index contributed by atoms with van der Waals surface area (Å²) in [6.07, 6.45) is 0. The molecule has 0 atom stereocenters. The van der Waals surface area contributed by atoms with Gasteiger partial charge in [0.05, 0.1) is 29.9 Å². The highest BCUT2D eigenvalue weighted by Crippen LogP contribution is 2.26. The van der Waals surface area contributed by atoms with Crippen LogP contribution in [0.3, 0.4) is 0 Å². The Balaban J connectivity index is 1.93. The van der Waals surface area contributed by atoms with Crippen molar-refractivity contribution >= 4 is 33.3 Å². The Morgan fingerprint density at radius 3 is 2.26 bits per heavy atom. The molecule has 184 valence electrons. The van der Waals surface area contributed by atoms with Crippen molar-refractivity contribution in [1.82, 2.24) is 0 Å². The molecule has 0 saturated heterocycles. The van der Waals surface area contributed by atoms with Crippen molar-refractivity contribution < 1.29 is 31.9 Å². The molecular formula is C25H25FN2O6S. The van der Waals surface area contributed by atoms with E-state index in [9.17, 15) is 22.4 Å². The molecule has 3 aromatic carbocycles. The maximum Gasteiger partial charge on any atom is 0.337 e. The summed E-state index contributed by atoms with van der Waals surface area (Å²) in [7, 11) is -2.96. The predicted molar refractivity (Wildman–Crippen MR) is 130 cm³/mol. The number of halogens is 1. The fraction of sp³-hybridized carbons (Fsp3) is 0.200. The van der Waals surface area contributed by atoms with Gasteiger partial charge in [-0.1, -0.05) is 6.07 Å². The molecule has 0 aliphatic heterocycles. The largest absolute Gasteiger partial charge is 0.494 e. The monoisotopic (exact) mass is 500 g/mol. The zero-order valence-electron chi connectivity index (χ0n) is 19.4. The molecule has 0 aromatic heterocycles. The molecule has 1 amide bonds.